The molecule has 0 radical (unpaired) electrons. The number of aryl methyl sites for hydroxylation is 2. The smallest absolute Gasteiger partial charge is 0.259 e. The van der Waals surface area contributed by atoms with Gasteiger partial charge in [0.15, 0.2) is 0 Å². The molecule has 5 heteroatoms. The highest BCUT2D eigenvalue weighted by atomic mass is 16.2. The van der Waals surface area contributed by atoms with Crippen LogP contribution >= 0.6 is 0 Å². The lowest BCUT2D eigenvalue weighted by Gasteiger charge is -2.05. The van der Waals surface area contributed by atoms with Crippen molar-refractivity contribution in [3.63, 3.8) is 0 Å². The van der Waals surface area contributed by atoms with E-state index in [0.717, 1.165) is 28.6 Å². The summed E-state index contributed by atoms with van der Waals surface area (Å²) in [6.45, 7) is 4.33. The Balaban J connectivity index is 1.57. The number of H-pyrrole nitrogens is 1. The van der Waals surface area contributed by atoms with Crippen LogP contribution in [0.4, 0.5) is 5.69 Å². The van der Waals surface area contributed by atoms with E-state index in [1.54, 1.807) is 6.21 Å². The van der Waals surface area contributed by atoms with E-state index in [2.05, 4.69) is 33.8 Å². The highest BCUT2D eigenvalue weighted by molar-refractivity contribution is 6.00. The molecule has 1 heterocycles. The van der Waals surface area contributed by atoms with Gasteiger partial charge in [-0.1, -0.05) is 42.8 Å². The van der Waals surface area contributed by atoms with Gasteiger partial charge < -0.3 is 10.3 Å². The third-order valence-corrected chi connectivity index (χ3v) is 4.11. The number of anilines is 1. The van der Waals surface area contributed by atoms with Gasteiger partial charge in [-0.05, 0) is 31.0 Å². The second-order valence-electron chi connectivity index (χ2n) is 5.95. The number of carbonyl (C=O) groups is 1. The number of hydrogen-bond acceptors (Lipinski definition) is 3. The molecule has 1 amide bonds. The van der Waals surface area contributed by atoms with Crippen LogP contribution in [-0.2, 0) is 11.2 Å². The Bertz CT molecular complexity index is 894. The van der Waals surface area contributed by atoms with E-state index in [1.807, 2.05) is 49.5 Å². The number of aromatic amines is 1. The lowest BCUT2D eigenvalue weighted by molar-refractivity contribution is -0.119. The van der Waals surface area contributed by atoms with Crippen molar-refractivity contribution in [1.29, 1.82) is 0 Å². The maximum absolute atomic E-state index is 11.9. The standard InChI is InChI=1S/C20H22N4O/c1-3-15-5-4-6-18-16(11-22-20(15)18)12-23-24-19(25)13-21-17-9-7-14(2)8-10-17/h4-12,21-22H,3,13H2,1-2H3,(H,24,25)/b23-12+. The highest BCUT2D eigenvalue weighted by Crippen LogP contribution is 2.20. The molecule has 0 aliphatic carbocycles. The molecular formula is C20H22N4O. The van der Waals surface area contributed by atoms with Gasteiger partial charge in [0, 0.05) is 28.4 Å². The molecule has 0 aliphatic rings. The second-order valence-corrected chi connectivity index (χ2v) is 5.95. The van der Waals surface area contributed by atoms with Crippen LogP contribution in [0.5, 0.6) is 0 Å². The van der Waals surface area contributed by atoms with Gasteiger partial charge in [0.1, 0.15) is 0 Å². The SMILES string of the molecule is CCc1cccc2c(/C=N/NC(=O)CNc3ccc(C)cc3)c[nH]c12. The average molecular weight is 334 g/mol. The molecule has 0 bridgehead atoms. The molecule has 0 unspecified atom stereocenters. The van der Waals surface area contributed by atoms with Crippen LogP contribution < -0.4 is 10.7 Å². The minimum atomic E-state index is -0.189. The summed E-state index contributed by atoms with van der Waals surface area (Å²) in [7, 11) is 0. The fourth-order valence-corrected chi connectivity index (χ4v) is 2.71. The summed E-state index contributed by atoms with van der Waals surface area (Å²) in [5, 5.41) is 8.24. The van der Waals surface area contributed by atoms with E-state index in [-0.39, 0.29) is 12.5 Å². The zero-order valence-electron chi connectivity index (χ0n) is 14.5. The molecule has 0 atom stereocenters. The van der Waals surface area contributed by atoms with Gasteiger partial charge in [-0.2, -0.15) is 5.10 Å². The van der Waals surface area contributed by atoms with Crippen molar-refractivity contribution in [2.45, 2.75) is 20.3 Å². The molecule has 0 saturated carbocycles. The Labute approximate surface area is 147 Å². The van der Waals surface area contributed by atoms with E-state index in [9.17, 15) is 4.79 Å². The van der Waals surface area contributed by atoms with Crippen molar-refractivity contribution in [2.75, 3.05) is 11.9 Å². The van der Waals surface area contributed by atoms with Crippen LogP contribution in [0.1, 0.15) is 23.6 Å². The summed E-state index contributed by atoms with van der Waals surface area (Å²) in [5.74, 6) is -0.189. The van der Waals surface area contributed by atoms with Crippen molar-refractivity contribution in [1.82, 2.24) is 10.4 Å². The summed E-state index contributed by atoms with van der Waals surface area (Å²) in [6, 6.07) is 14.1. The number of carbonyl (C=O) groups excluding carboxylic acids is 1. The number of rotatable bonds is 6. The molecular weight excluding hydrogens is 312 g/mol. The van der Waals surface area contributed by atoms with Gasteiger partial charge >= 0.3 is 0 Å². The first-order valence-corrected chi connectivity index (χ1v) is 8.39. The van der Waals surface area contributed by atoms with Gasteiger partial charge in [0.05, 0.1) is 12.8 Å². The zero-order chi connectivity index (χ0) is 17.6. The predicted octanol–water partition coefficient (Wildman–Crippen LogP) is 3.60. The van der Waals surface area contributed by atoms with Gasteiger partial charge in [-0.25, -0.2) is 5.43 Å². The van der Waals surface area contributed by atoms with Crippen LogP contribution in [-0.4, -0.2) is 23.7 Å². The Morgan fingerprint density at radius 2 is 2.00 bits per heavy atom. The topological polar surface area (TPSA) is 69.3 Å². The zero-order valence-corrected chi connectivity index (χ0v) is 14.5. The minimum absolute atomic E-state index is 0.175. The number of benzene rings is 2. The van der Waals surface area contributed by atoms with E-state index in [0.29, 0.717) is 0 Å². The van der Waals surface area contributed by atoms with Crippen molar-refractivity contribution in [2.24, 2.45) is 5.10 Å². The molecule has 3 aromatic rings. The molecule has 128 valence electrons. The Kier molecular flexibility index (Phi) is 5.14. The summed E-state index contributed by atoms with van der Waals surface area (Å²) >= 11 is 0. The molecule has 3 N–H and O–H groups in total. The number of nitrogens with zero attached hydrogens (tertiary/aromatic N) is 1. The number of aromatic nitrogens is 1. The van der Waals surface area contributed by atoms with E-state index in [1.165, 1.54) is 11.1 Å². The van der Waals surface area contributed by atoms with Crippen LogP contribution in [0.15, 0.2) is 53.8 Å². The molecule has 2 aromatic carbocycles. The number of nitrogens with one attached hydrogen (secondary N) is 3. The molecule has 25 heavy (non-hydrogen) atoms. The third kappa shape index (κ3) is 4.07. The fourth-order valence-electron chi connectivity index (χ4n) is 2.71. The van der Waals surface area contributed by atoms with Gasteiger partial charge in [-0.15, -0.1) is 0 Å². The van der Waals surface area contributed by atoms with E-state index < -0.39 is 0 Å². The van der Waals surface area contributed by atoms with E-state index >= 15 is 0 Å². The molecule has 0 saturated heterocycles. The fraction of sp³-hybridized carbons (Fsp3) is 0.200. The van der Waals surface area contributed by atoms with E-state index in [4.69, 9.17) is 0 Å². The second kappa shape index (κ2) is 7.66. The van der Waals surface area contributed by atoms with Crippen molar-refractivity contribution >= 4 is 28.7 Å². The first-order chi connectivity index (χ1) is 12.2. The van der Waals surface area contributed by atoms with Crippen LogP contribution in [0.3, 0.4) is 0 Å². The summed E-state index contributed by atoms with van der Waals surface area (Å²) < 4.78 is 0. The largest absolute Gasteiger partial charge is 0.376 e. The first kappa shape index (κ1) is 16.8. The first-order valence-electron chi connectivity index (χ1n) is 8.39. The summed E-state index contributed by atoms with van der Waals surface area (Å²) in [5.41, 5.74) is 7.99. The maximum Gasteiger partial charge on any atom is 0.259 e. The quantitative estimate of drug-likeness (QED) is 0.476. The van der Waals surface area contributed by atoms with Crippen LogP contribution in [0, 0.1) is 6.92 Å². The average Bonchev–Trinajstić information content (AvgIpc) is 3.04. The van der Waals surface area contributed by atoms with Crippen molar-refractivity contribution in [3.05, 3.63) is 65.4 Å². The number of hydrogen-bond donors (Lipinski definition) is 3. The Morgan fingerprint density at radius 3 is 2.76 bits per heavy atom. The Hall–Kier alpha value is -3.08. The monoisotopic (exact) mass is 334 g/mol. The Morgan fingerprint density at radius 1 is 1.20 bits per heavy atom. The molecule has 0 spiro atoms. The molecule has 3 rings (SSSR count). The predicted molar refractivity (Wildman–Crippen MR) is 103 cm³/mol. The summed E-state index contributed by atoms with van der Waals surface area (Å²) in [6.07, 6.45) is 4.54. The van der Waals surface area contributed by atoms with Crippen molar-refractivity contribution < 1.29 is 4.79 Å². The highest BCUT2D eigenvalue weighted by Gasteiger charge is 2.05. The minimum Gasteiger partial charge on any atom is -0.376 e. The lowest BCUT2D eigenvalue weighted by Crippen LogP contribution is -2.25. The van der Waals surface area contributed by atoms with Gasteiger partial charge in [0.25, 0.3) is 5.91 Å². The molecule has 0 aliphatic heterocycles. The molecule has 0 fully saturated rings. The number of fused-ring (bicyclic) bond motifs is 1. The maximum atomic E-state index is 11.9. The normalized spacial score (nSPS) is 11.1. The van der Waals surface area contributed by atoms with Crippen molar-refractivity contribution in [3.8, 4) is 0 Å². The number of amides is 1. The number of para-hydroxylation sites is 1. The van der Waals surface area contributed by atoms with Crippen LogP contribution in [0.2, 0.25) is 0 Å². The van der Waals surface area contributed by atoms with Crippen LogP contribution in [0.25, 0.3) is 10.9 Å². The lowest BCUT2D eigenvalue weighted by atomic mass is 10.1. The number of hydrazone groups is 1. The molecule has 5 nitrogen and oxygen atoms in total. The van der Waals surface area contributed by atoms with Gasteiger partial charge in [0.2, 0.25) is 0 Å². The van der Waals surface area contributed by atoms with Gasteiger partial charge in [-0.3, -0.25) is 4.79 Å². The molecule has 1 aromatic heterocycles. The third-order valence-electron chi connectivity index (χ3n) is 4.11. The summed E-state index contributed by atoms with van der Waals surface area (Å²) in [4.78, 5) is 15.2.